The molecule has 120 valence electrons. The van der Waals surface area contributed by atoms with E-state index in [9.17, 15) is 9.59 Å². The standard InChI is InChI=1S/C15H26N2O4/c16-13(14(18)19)10-6-7-11-17-15(20)21-12-8-4-2-1-3-5-9-12/h1-2,12-13H,3-11,16H2,(H,17,20)(H,18,19)/b2-1-. The maximum absolute atomic E-state index is 11.6. The van der Waals surface area contributed by atoms with E-state index in [0.717, 1.165) is 32.1 Å². The lowest BCUT2D eigenvalue weighted by atomic mass is 10.0. The fourth-order valence-corrected chi connectivity index (χ4v) is 2.24. The molecule has 0 fully saturated rings. The van der Waals surface area contributed by atoms with Crippen LogP contribution in [-0.2, 0) is 9.53 Å². The summed E-state index contributed by atoms with van der Waals surface area (Å²) in [6, 6.07) is -0.820. The second-order valence-corrected chi connectivity index (χ2v) is 5.37. The predicted molar refractivity (Wildman–Crippen MR) is 80.0 cm³/mol. The van der Waals surface area contributed by atoms with E-state index in [1.807, 2.05) is 0 Å². The predicted octanol–water partition coefficient (Wildman–Crippen LogP) is 2.18. The minimum Gasteiger partial charge on any atom is -0.480 e. The van der Waals surface area contributed by atoms with Crippen molar-refractivity contribution in [2.24, 2.45) is 5.73 Å². The molecule has 0 spiro atoms. The number of hydrogen-bond donors (Lipinski definition) is 3. The van der Waals surface area contributed by atoms with Gasteiger partial charge in [0.25, 0.3) is 0 Å². The van der Waals surface area contributed by atoms with E-state index in [1.165, 1.54) is 0 Å². The molecular weight excluding hydrogens is 272 g/mol. The van der Waals surface area contributed by atoms with Gasteiger partial charge in [0.05, 0.1) is 0 Å². The minimum absolute atomic E-state index is 0.00428. The molecule has 4 N–H and O–H groups in total. The van der Waals surface area contributed by atoms with Crippen molar-refractivity contribution in [3.8, 4) is 0 Å². The molecule has 1 amide bonds. The van der Waals surface area contributed by atoms with Crippen LogP contribution < -0.4 is 11.1 Å². The van der Waals surface area contributed by atoms with Crippen LogP contribution in [0.5, 0.6) is 0 Å². The monoisotopic (exact) mass is 298 g/mol. The second kappa shape index (κ2) is 10.2. The Morgan fingerprint density at radius 3 is 2.81 bits per heavy atom. The van der Waals surface area contributed by atoms with Crippen LogP contribution in [0.1, 0.15) is 51.4 Å². The molecule has 6 nitrogen and oxygen atoms in total. The first-order chi connectivity index (χ1) is 10.1. The molecule has 0 aliphatic heterocycles. The van der Waals surface area contributed by atoms with Gasteiger partial charge in [-0.15, -0.1) is 0 Å². The molecule has 0 heterocycles. The zero-order valence-electron chi connectivity index (χ0n) is 12.4. The number of alkyl carbamates (subject to hydrolysis) is 1. The molecule has 0 saturated carbocycles. The number of carboxylic acids is 1. The number of rotatable bonds is 7. The van der Waals surface area contributed by atoms with Crippen molar-refractivity contribution in [1.82, 2.24) is 5.32 Å². The lowest BCUT2D eigenvalue weighted by Gasteiger charge is -2.18. The Labute approximate surface area is 125 Å². The van der Waals surface area contributed by atoms with Gasteiger partial charge in [0.15, 0.2) is 0 Å². The first kappa shape index (κ1) is 17.5. The van der Waals surface area contributed by atoms with Crippen LogP contribution in [0.25, 0.3) is 0 Å². The Morgan fingerprint density at radius 1 is 1.29 bits per heavy atom. The van der Waals surface area contributed by atoms with Crippen LogP contribution in [0.3, 0.4) is 0 Å². The third kappa shape index (κ3) is 8.34. The number of carbonyl (C=O) groups excluding carboxylic acids is 1. The van der Waals surface area contributed by atoms with Gasteiger partial charge >= 0.3 is 12.1 Å². The Hall–Kier alpha value is -1.56. The SMILES string of the molecule is NC(CCCCNC(=O)OC1CC/C=C\CCC1)C(=O)O. The van der Waals surface area contributed by atoms with Crippen molar-refractivity contribution >= 4 is 12.1 Å². The Balaban J connectivity index is 2.08. The molecule has 6 heteroatoms. The first-order valence-electron chi connectivity index (χ1n) is 7.67. The second-order valence-electron chi connectivity index (χ2n) is 5.37. The lowest BCUT2D eigenvalue weighted by Crippen LogP contribution is -2.31. The summed E-state index contributed by atoms with van der Waals surface area (Å²) in [4.78, 5) is 22.2. The zero-order valence-corrected chi connectivity index (χ0v) is 12.4. The van der Waals surface area contributed by atoms with Crippen LogP contribution in [0.2, 0.25) is 0 Å². The molecule has 0 saturated heterocycles. The quantitative estimate of drug-likeness (QED) is 0.494. The third-order valence-corrected chi connectivity index (χ3v) is 3.52. The number of carbonyl (C=O) groups is 2. The first-order valence-corrected chi connectivity index (χ1v) is 7.67. The molecule has 1 aliphatic carbocycles. The van der Waals surface area contributed by atoms with Gasteiger partial charge in [-0.3, -0.25) is 4.79 Å². The summed E-state index contributed by atoms with van der Waals surface area (Å²) in [5, 5.41) is 11.3. The van der Waals surface area contributed by atoms with Gasteiger partial charge in [-0.05, 0) is 51.4 Å². The number of ether oxygens (including phenoxy) is 1. The summed E-state index contributed by atoms with van der Waals surface area (Å²) < 4.78 is 5.39. The molecule has 0 aromatic heterocycles. The van der Waals surface area contributed by atoms with Gasteiger partial charge in [-0.2, -0.15) is 0 Å². The summed E-state index contributed by atoms with van der Waals surface area (Å²) >= 11 is 0. The van der Waals surface area contributed by atoms with Crippen molar-refractivity contribution in [1.29, 1.82) is 0 Å². The number of allylic oxidation sites excluding steroid dienone is 2. The van der Waals surface area contributed by atoms with Crippen molar-refractivity contribution in [3.63, 3.8) is 0 Å². The molecule has 0 bridgehead atoms. The highest BCUT2D eigenvalue weighted by Crippen LogP contribution is 2.15. The number of hydrogen-bond acceptors (Lipinski definition) is 4. The maximum Gasteiger partial charge on any atom is 0.407 e. The highest BCUT2D eigenvalue weighted by Gasteiger charge is 2.14. The largest absolute Gasteiger partial charge is 0.480 e. The molecule has 0 aromatic carbocycles. The number of amides is 1. The van der Waals surface area contributed by atoms with E-state index in [4.69, 9.17) is 15.6 Å². The number of unbranched alkanes of at least 4 members (excludes halogenated alkanes) is 1. The van der Waals surface area contributed by atoms with Crippen molar-refractivity contribution < 1.29 is 19.4 Å². The Bertz CT molecular complexity index is 358. The normalized spacial score (nSPS) is 21.7. The van der Waals surface area contributed by atoms with Crippen LogP contribution in [-0.4, -0.2) is 35.9 Å². The maximum atomic E-state index is 11.6. The fraction of sp³-hybridized carbons (Fsp3) is 0.733. The molecule has 1 rings (SSSR count). The number of aliphatic carboxylic acids is 1. The van der Waals surface area contributed by atoms with Crippen molar-refractivity contribution in [2.75, 3.05) is 6.54 Å². The van der Waals surface area contributed by atoms with E-state index in [2.05, 4.69) is 17.5 Å². The molecule has 2 atom stereocenters. The van der Waals surface area contributed by atoms with E-state index in [1.54, 1.807) is 0 Å². The number of nitrogens with one attached hydrogen (secondary N) is 1. The van der Waals surface area contributed by atoms with Crippen LogP contribution >= 0.6 is 0 Å². The summed E-state index contributed by atoms with van der Waals surface area (Å²) in [5.41, 5.74) is 5.39. The summed E-state index contributed by atoms with van der Waals surface area (Å²) in [5.74, 6) is -0.985. The van der Waals surface area contributed by atoms with E-state index in [0.29, 0.717) is 25.8 Å². The summed E-state index contributed by atoms with van der Waals surface area (Å²) in [6.45, 7) is 0.484. The number of nitrogens with two attached hydrogens (primary N) is 1. The lowest BCUT2D eigenvalue weighted by molar-refractivity contribution is -0.138. The Kier molecular flexibility index (Phi) is 8.50. The van der Waals surface area contributed by atoms with Crippen LogP contribution in [0.15, 0.2) is 12.2 Å². The van der Waals surface area contributed by atoms with Gasteiger partial charge < -0.3 is 20.9 Å². The van der Waals surface area contributed by atoms with Gasteiger partial charge in [0.2, 0.25) is 0 Å². The smallest absolute Gasteiger partial charge is 0.407 e. The van der Waals surface area contributed by atoms with Crippen molar-refractivity contribution in [3.05, 3.63) is 12.2 Å². The van der Waals surface area contributed by atoms with Crippen molar-refractivity contribution in [2.45, 2.75) is 63.5 Å². The van der Waals surface area contributed by atoms with Crippen LogP contribution in [0.4, 0.5) is 4.79 Å². The average molecular weight is 298 g/mol. The minimum atomic E-state index is -0.985. The van der Waals surface area contributed by atoms with Gasteiger partial charge in [-0.25, -0.2) is 4.79 Å². The molecule has 2 unspecified atom stereocenters. The van der Waals surface area contributed by atoms with Gasteiger partial charge in [0, 0.05) is 6.54 Å². The fourth-order valence-electron chi connectivity index (χ4n) is 2.24. The topological polar surface area (TPSA) is 102 Å². The molecule has 1 aliphatic rings. The van der Waals surface area contributed by atoms with Gasteiger partial charge in [-0.1, -0.05) is 12.2 Å². The molecular formula is C15H26N2O4. The molecule has 0 radical (unpaired) electrons. The number of carboxylic acid groups (broad SMARTS) is 1. The average Bonchev–Trinajstić information content (AvgIpc) is 2.41. The summed E-state index contributed by atoms with van der Waals surface area (Å²) in [6.07, 6.45) is 10.5. The molecule has 21 heavy (non-hydrogen) atoms. The summed E-state index contributed by atoms with van der Waals surface area (Å²) in [7, 11) is 0. The highest BCUT2D eigenvalue weighted by molar-refractivity contribution is 5.72. The third-order valence-electron chi connectivity index (χ3n) is 3.52. The van der Waals surface area contributed by atoms with E-state index >= 15 is 0 Å². The molecule has 0 aromatic rings. The van der Waals surface area contributed by atoms with Crippen LogP contribution in [0, 0.1) is 0 Å². The zero-order chi connectivity index (χ0) is 15.5. The van der Waals surface area contributed by atoms with E-state index in [-0.39, 0.29) is 12.2 Å². The van der Waals surface area contributed by atoms with Gasteiger partial charge in [0.1, 0.15) is 12.1 Å². The highest BCUT2D eigenvalue weighted by atomic mass is 16.6. The Morgan fingerprint density at radius 2 is 2.05 bits per heavy atom. The van der Waals surface area contributed by atoms with E-state index < -0.39 is 12.0 Å².